The van der Waals surface area contributed by atoms with Crippen LogP contribution in [0.25, 0.3) is 0 Å². The van der Waals surface area contributed by atoms with Crippen LogP contribution in [0.3, 0.4) is 0 Å². The van der Waals surface area contributed by atoms with Gasteiger partial charge >= 0.3 is 0 Å². The molecule has 0 radical (unpaired) electrons. The predicted octanol–water partition coefficient (Wildman–Crippen LogP) is 4.72. The van der Waals surface area contributed by atoms with E-state index in [-0.39, 0.29) is 22.8 Å². The number of amides is 2. The lowest BCUT2D eigenvalue weighted by atomic mass is 10.1. The molecular formula is C23H20N4O4. The zero-order valence-electron chi connectivity index (χ0n) is 16.6. The number of nitrogens with zero attached hydrogens (tertiary/aromatic N) is 2. The molecule has 0 aliphatic carbocycles. The van der Waals surface area contributed by atoms with Crippen LogP contribution in [0.4, 0.5) is 28.4 Å². The molecule has 1 saturated heterocycles. The van der Waals surface area contributed by atoms with E-state index in [9.17, 15) is 19.7 Å². The highest BCUT2D eigenvalue weighted by atomic mass is 16.6. The molecule has 0 spiro atoms. The number of carbonyl (C=O) groups excluding carboxylic acids is 2. The molecule has 4 rings (SSSR count). The average Bonchev–Trinajstić information content (AvgIpc) is 3.20. The maximum absolute atomic E-state index is 12.8. The summed E-state index contributed by atoms with van der Waals surface area (Å²) >= 11 is 0. The zero-order chi connectivity index (χ0) is 21.8. The summed E-state index contributed by atoms with van der Waals surface area (Å²) in [6.45, 7) is 0.594. The minimum absolute atomic E-state index is 0.00803. The minimum atomic E-state index is -0.529. The van der Waals surface area contributed by atoms with Crippen LogP contribution in [-0.2, 0) is 4.79 Å². The first-order valence-corrected chi connectivity index (χ1v) is 9.84. The van der Waals surface area contributed by atoms with Crippen LogP contribution in [0.15, 0.2) is 72.8 Å². The Kier molecular flexibility index (Phi) is 5.61. The van der Waals surface area contributed by atoms with Crippen molar-refractivity contribution in [1.82, 2.24) is 0 Å². The van der Waals surface area contributed by atoms with Gasteiger partial charge in [0.2, 0.25) is 5.91 Å². The molecule has 1 heterocycles. The number of nitro benzene ring substituents is 1. The molecule has 2 amide bonds. The fourth-order valence-corrected chi connectivity index (χ4v) is 3.52. The first-order chi connectivity index (χ1) is 15.0. The molecule has 1 fully saturated rings. The van der Waals surface area contributed by atoms with Crippen LogP contribution in [-0.4, -0.2) is 23.3 Å². The highest BCUT2D eigenvalue weighted by Gasteiger charge is 2.25. The van der Waals surface area contributed by atoms with E-state index in [0.29, 0.717) is 30.0 Å². The van der Waals surface area contributed by atoms with Crippen LogP contribution < -0.4 is 15.5 Å². The third-order valence-electron chi connectivity index (χ3n) is 5.03. The molecule has 0 aromatic heterocycles. The Bertz CT molecular complexity index is 1150. The molecule has 0 saturated carbocycles. The summed E-state index contributed by atoms with van der Waals surface area (Å²) in [5.74, 6) is -0.484. The molecule has 2 N–H and O–H groups in total. The Hall–Kier alpha value is -4.20. The Balaban J connectivity index is 1.59. The lowest BCUT2D eigenvalue weighted by molar-refractivity contribution is -0.383. The van der Waals surface area contributed by atoms with Crippen molar-refractivity contribution in [3.63, 3.8) is 0 Å². The Morgan fingerprint density at radius 3 is 2.42 bits per heavy atom. The summed E-state index contributed by atoms with van der Waals surface area (Å²) in [6.07, 6.45) is 1.24. The van der Waals surface area contributed by atoms with Crippen molar-refractivity contribution in [3.8, 4) is 0 Å². The number of benzene rings is 3. The van der Waals surface area contributed by atoms with Gasteiger partial charge in [0.15, 0.2) is 0 Å². The molecule has 31 heavy (non-hydrogen) atoms. The first kappa shape index (κ1) is 20.1. The van der Waals surface area contributed by atoms with E-state index in [1.165, 1.54) is 18.2 Å². The average molecular weight is 416 g/mol. The number of nitrogens with one attached hydrogen (secondary N) is 2. The number of hydrogen-bond acceptors (Lipinski definition) is 5. The van der Waals surface area contributed by atoms with Crippen molar-refractivity contribution < 1.29 is 14.5 Å². The topological polar surface area (TPSA) is 105 Å². The second-order valence-corrected chi connectivity index (χ2v) is 7.10. The van der Waals surface area contributed by atoms with Crippen molar-refractivity contribution in [2.24, 2.45) is 0 Å². The van der Waals surface area contributed by atoms with E-state index in [4.69, 9.17) is 0 Å². The quantitative estimate of drug-likeness (QED) is 0.447. The molecule has 156 valence electrons. The third kappa shape index (κ3) is 4.37. The maximum atomic E-state index is 12.8. The SMILES string of the molecule is O=C(Nc1ccccc1N1CCCC1=O)c1ccc(Nc2ccccc2)c([N+](=O)[O-])c1. The van der Waals surface area contributed by atoms with Crippen LogP contribution in [0.5, 0.6) is 0 Å². The van der Waals surface area contributed by atoms with Crippen LogP contribution in [0.2, 0.25) is 0 Å². The van der Waals surface area contributed by atoms with Gasteiger partial charge in [-0.1, -0.05) is 30.3 Å². The van der Waals surface area contributed by atoms with E-state index in [0.717, 1.165) is 6.42 Å². The maximum Gasteiger partial charge on any atom is 0.293 e. The van der Waals surface area contributed by atoms with Gasteiger partial charge in [-0.2, -0.15) is 0 Å². The van der Waals surface area contributed by atoms with Gasteiger partial charge in [-0.15, -0.1) is 0 Å². The third-order valence-corrected chi connectivity index (χ3v) is 5.03. The van der Waals surface area contributed by atoms with Gasteiger partial charge in [-0.05, 0) is 42.8 Å². The largest absolute Gasteiger partial charge is 0.350 e. The van der Waals surface area contributed by atoms with Gasteiger partial charge in [-0.3, -0.25) is 19.7 Å². The van der Waals surface area contributed by atoms with Crippen LogP contribution in [0.1, 0.15) is 23.2 Å². The van der Waals surface area contributed by atoms with Gasteiger partial charge in [-0.25, -0.2) is 0 Å². The summed E-state index contributed by atoms with van der Waals surface area (Å²) in [6, 6.07) is 20.4. The molecule has 1 aliphatic rings. The Labute approximate surface area is 178 Å². The molecule has 8 nitrogen and oxygen atoms in total. The highest BCUT2D eigenvalue weighted by Crippen LogP contribution is 2.31. The molecular weight excluding hydrogens is 396 g/mol. The first-order valence-electron chi connectivity index (χ1n) is 9.84. The zero-order valence-corrected chi connectivity index (χ0v) is 16.6. The molecule has 0 atom stereocenters. The van der Waals surface area contributed by atoms with E-state index in [1.54, 1.807) is 41.3 Å². The minimum Gasteiger partial charge on any atom is -0.350 e. The number of para-hydroxylation sites is 3. The molecule has 3 aromatic rings. The highest BCUT2D eigenvalue weighted by molar-refractivity contribution is 6.08. The number of nitro groups is 1. The second-order valence-electron chi connectivity index (χ2n) is 7.10. The number of anilines is 4. The summed E-state index contributed by atoms with van der Waals surface area (Å²) in [7, 11) is 0. The number of carbonyl (C=O) groups is 2. The van der Waals surface area contributed by atoms with Gasteiger partial charge in [0.05, 0.1) is 16.3 Å². The summed E-state index contributed by atoms with van der Waals surface area (Å²) < 4.78 is 0. The van der Waals surface area contributed by atoms with E-state index in [1.807, 2.05) is 18.2 Å². The van der Waals surface area contributed by atoms with E-state index < -0.39 is 10.8 Å². The Morgan fingerprint density at radius 2 is 1.71 bits per heavy atom. The van der Waals surface area contributed by atoms with Crippen molar-refractivity contribution in [3.05, 3.63) is 88.5 Å². The molecule has 3 aromatic carbocycles. The van der Waals surface area contributed by atoms with Crippen molar-refractivity contribution >= 4 is 40.3 Å². The van der Waals surface area contributed by atoms with E-state index >= 15 is 0 Å². The molecule has 0 unspecified atom stereocenters. The summed E-state index contributed by atoms with van der Waals surface area (Å²) in [5, 5.41) is 17.4. The van der Waals surface area contributed by atoms with Gasteiger partial charge in [0.1, 0.15) is 5.69 Å². The fraction of sp³-hybridized carbons (Fsp3) is 0.130. The lowest BCUT2D eigenvalue weighted by Crippen LogP contribution is -2.25. The van der Waals surface area contributed by atoms with E-state index in [2.05, 4.69) is 10.6 Å². The summed E-state index contributed by atoms with van der Waals surface area (Å²) in [5.41, 5.74) is 2.03. The van der Waals surface area contributed by atoms with Gasteiger partial charge < -0.3 is 15.5 Å². The number of hydrogen-bond donors (Lipinski definition) is 2. The number of rotatable bonds is 6. The van der Waals surface area contributed by atoms with Gasteiger partial charge in [0, 0.05) is 30.3 Å². The summed E-state index contributed by atoms with van der Waals surface area (Å²) in [4.78, 5) is 37.7. The lowest BCUT2D eigenvalue weighted by Gasteiger charge is -2.20. The van der Waals surface area contributed by atoms with Crippen LogP contribution >= 0.6 is 0 Å². The predicted molar refractivity (Wildman–Crippen MR) is 119 cm³/mol. The van der Waals surface area contributed by atoms with Gasteiger partial charge in [0.25, 0.3) is 11.6 Å². The second kappa shape index (κ2) is 8.66. The van der Waals surface area contributed by atoms with Crippen molar-refractivity contribution in [1.29, 1.82) is 0 Å². The smallest absolute Gasteiger partial charge is 0.293 e. The van der Waals surface area contributed by atoms with Crippen LogP contribution in [0, 0.1) is 10.1 Å². The standard InChI is InChI=1S/C23H20N4O4/c28-22-11-6-14-26(22)20-10-5-4-9-18(20)25-23(29)16-12-13-19(21(15-16)27(30)31)24-17-7-2-1-3-8-17/h1-5,7-10,12-13,15,24H,6,11,14H2,(H,25,29). The molecule has 8 heteroatoms. The Morgan fingerprint density at radius 1 is 0.968 bits per heavy atom. The normalized spacial score (nSPS) is 13.2. The molecule has 0 bridgehead atoms. The monoisotopic (exact) mass is 416 g/mol. The van der Waals surface area contributed by atoms with Crippen molar-refractivity contribution in [2.75, 3.05) is 22.1 Å². The fourth-order valence-electron chi connectivity index (χ4n) is 3.52. The molecule has 1 aliphatic heterocycles. The van der Waals surface area contributed by atoms with Crippen molar-refractivity contribution in [2.45, 2.75) is 12.8 Å².